The number of amides is 9. The summed E-state index contributed by atoms with van der Waals surface area (Å²) in [6, 6.07) is 3.64. The van der Waals surface area contributed by atoms with Gasteiger partial charge in [0.05, 0.1) is 5.92 Å². The Hall–Kier alpha value is -4.64. The van der Waals surface area contributed by atoms with E-state index in [1.165, 1.54) is 29.2 Å². The molecule has 1 saturated heterocycles. The van der Waals surface area contributed by atoms with E-state index in [0.29, 0.717) is 109 Å². The maximum absolute atomic E-state index is 12.4. The molecule has 0 aromatic rings. The predicted molar refractivity (Wildman–Crippen MR) is 506 cm³/mol. The smallest absolute Gasteiger partial charge is 0.870 e. The van der Waals surface area contributed by atoms with Crippen molar-refractivity contribution in [3.05, 3.63) is 24.3 Å². The van der Waals surface area contributed by atoms with E-state index in [1.54, 1.807) is 107 Å². The molecular formula is C79H164N9NaO36PSSi6-. The van der Waals surface area contributed by atoms with Crippen molar-refractivity contribution in [2.45, 2.75) is 217 Å². The van der Waals surface area contributed by atoms with Gasteiger partial charge < -0.3 is 143 Å². The van der Waals surface area contributed by atoms with Gasteiger partial charge in [0.25, 0.3) is 35.4 Å². The van der Waals surface area contributed by atoms with Gasteiger partial charge in [0.15, 0.2) is 0 Å². The van der Waals surface area contributed by atoms with Gasteiger partial charge in [0, 0.05) is 258 Å². The van der Waals surface area contributed by atoms with Crippen LogP contribution in [0.1, 0.15) is 182 Å². The minimum absolute atomic E-state index is 0. The fraction of sp³-hybridized carbons (Fsp3) is 0.797. The number of aliphatic hydroxyl groups excluding tert-OH is 3. The largest absolute Gasteiger partial charge is 1.00 e. The first-order chi connectivity index (χ1) is 62.4. The molecule has 0 aromatic heterocycles. The van der Waals surface area contributed by atoms with E-state index in [2.05, 4.69) is 31.7 Å². The Morgan fingerprint density at radius 1 is 0.436 bits per heavy atom. The van der Waals surface area contributed by atoms with Crippen LogP contribution in [0, 0.1) is 28.7 Å². The van der Waals surface area contributed by atoms with Crippen LogP contribution in [0.25, 0.3) is 0 Å². The first-order valence-corrected chi connectivity index (χ1v) is 57.2. The van der Waals surface area contributed by atoms with Gasteiger partial charge in [-0.3, -0.25) is 62.5 Å². The molecule has 2 atom stereocenters. The number of nitrogens with one attached hydrogen (secondary N) is 4. The molecule has 54 heteroatoms. The second-order valence-corrected chi connectivity index (χ2v) is 46.2. The number of rotatable bonds is 51. The van der Waals surface area contributed by atoms with E-state index in [4.69, 9.17) is 113 Å². The van der Waals surface area contributed by atoms with Crippen molar-refractivity contribution in [1.82, 2.24) is 30.8 Å². The van der Waals surface area contributed by atoms with Crippen LogP contribution in [0.5, 0.6) is 0 Å². The number of hydroxylamine groups is 2. The van der Waals surface area contributed by atoms with E-state index in [-0.39, 0.29) is 115 Å². The molecule has 45 nitrogen and oxygen atoms in total. The Balaban J connectivity index is -0.000000194. The van der Waals surface area contributed by atoms with Crippen LogP contribution < -0.4 is 57.0 Å². The zero-order chi connectivity index (χ0) is 102. The topological polar surface area (TPSA) is 640 Å². The van der Waals surface area contributed by atoms with E-state index in [0.717, 1.165) is 135 Å². The fourth-order valence-corrected chi connectivity index (χ4v) is 21.6. The van der Waals surface area contributed by atoms with Crippen molar-refractivity contribution < 1.29 is 198 Å². The van der Waals surface area contributed by atoms with Gasteiger partial charge in [0.2, 0.25) is 17.7 Å². The number of unbranched alkanes of at least 4 members (excludes halogenated alkanes) is 2. The Morgan fingerprint density at radius 3 is 0.947 bits per heavy atom. The number of aliphatic carboxylic acids is 2. The van der Waals surface area contributed by atoms with Crippen molar-refractivity contribution in [2.24, 2.45) is 35.1 Å². The molecule has 0 bridgehead atoms. The zero-order valence-electron chi connectivity index (χ0n) is 83.1. The van der Waals surface area contributed by atoms with Crippen LogP contribution in [0.4, 0.5) is 0 Å². The first-order valence-electron chi connectivity index (χ1n) is 43.1. The third kappa shape index (κ3) is 65.8. The molecule has 2 saturated carbocycles. The Morgan fingerprint density at radius 2 is 0.707 bits per heavy atom. The Labute approximate surface area is 822 Å². The van der Waals surface area contributed by atoms with Crippen molar-refractivity contribution >= 4 is 144 Å². The average molecular weight is 2070 g/mol. The molecule has 0 radical (unpaired) electrons. The van der Waals surface area contributed by atoms with Gasteiger partial charge in [-0.05, 0) is 134 Å². The second-order valence-electron chi connectivity index (χ2n) is 28.3. The van der Waals surface area contributed by atoms with E-state index in [1.807, 2.05) is 20.8 Å². The summed E-state index contributed by atoms with van der Waals surface area (Å²) in [5.41, 5.74) is 10.7. The minimum Gasteiger partial charge on any atom is -0.870 e. The monoisotopic (exact) mass is 2070 g/mol. The zero-order valence-corrected chi connectivity index (χ0v) is 93.3. The van der Waals surface area contributed by atoms with Gasteiger partial charge in [-0.25, -0.2) is 4.79 Å². The van der Waals surface area contributed by atoms with Crippen LogP contribution in [0.15, 0.2) is 24.3 Å². The molecule has 3 aliphatic heterocycles. The molecule has 5 rings (SSSR count). The van der Waals surface area contributed by atoms with Crippen LogP contribution >= 0.6 is 8.79 Å². The predicted octanol–water partition coefficient (Wildman–Crippen LogP) is 1.63. The number of imide groups is 3. The fourth-order valence-electron chi connectivity index (χ4n) is 12.3. The van der Waals surface area contributed by atoms with Crippen molar-refractivity contribution in [3.63, 3.8) is 0 Å². The molecule has 2 unspecified atom stereocenters. The van der Waals surface area contributed by atoms with E-state index < -0.39 is 102 Å². The third-order valence-electron chi connectivity index (χ3n) is 20.0. The Bertz CT molecular complexity index is 3120. The summed E-state index contributed by atoms with van der Waals surface area (Å²) in [5, 5.41) is 50.6. The van der Waals surface area contributed by atoms with Gasteiger partial charge in [-0.1, -0.05) is 51.2 Å². The quantitative estimate of drug-likeness (QED) is 0.0136. The molecule has 9 amide bonds. The maximum atomic E-state index is 12.4. The van der Waals surface area contributed by atoms with Gasteiger partial charge in [0.1, 0.15) is 8.98 Å². The molecule has 133 heavy (non-hydrogen) atoms. The van der Waals surface area contributed by atoms with Gasteiger partial charge >= 0.3 is 91.5 Å². The third-order valence-corrected chi connectivity index (χ3v) is 35.0. The summed E-state index contributed by atoms with van der Waals surface area (Å²) < 4.78 is 101. The van der Waals surface area contributed by atoms with E-state index >= 15 is 0 Å². The molecule has 778 valence electrons. The van der Waals surface area contributed by atoms with Crippen LogP contribution in [-0.4, -0.2) is 349 Å². The molecule has 0 spiro atoms. The molecular weight excluding hydrogens is 1910 g/mol. The van der Waals surface area contributed by atoms with Gasteiger partial charge in [-0.2, -0.15) is 0 Å². The normalized spacial score (nSPS) is 16.4. The van der Waals surface area contributed by atoms with Crippen molar-refractivity contribution in [2.75, 3.05) is 174 Å². The molecule has 3 fully saturated rings. The van der Waals surface area contributed by atoms with Gasteiger partial charge in [-0.15, -0.1) is 13.9 Å². The minimum atomic E-state index is -2.76. The SMILES string of the molecule is CCCC(=O)NCCC[Si](OC)(OC)OC.CCCC(=O)O.CCCCC(=O)NCCC[Si](OC)(OC)OC.CCCCC(=O)O.CO.CO.CO.CO[Si](CCCN)(OC)OC.CO[Si](CCCN)(OC)OC.CO[Si](CCCNC(=O)C1CCC(CN2C(=O)C=CC2=O)CC1)(OC)OC.N=[SiH]P.O=C(ON1C(=O)CC([S-](=O)=O)C1=O)C1CCC(CN2C(=O)C=CC2=O)CC1.[Na+].[OH-]. The number of carboxylic acids is 2. The summed E-state index contributed by atoms with van der Waals surface area (Å²) >= 11 is 0. The average Bonchev–Trinajstić information content (AvgIpc) is 1.68. The second kappa shape index (κ2) is 92.4. The van der Waals surface area contributed by atoms with Crippen molar-refractivity contribution in [1.29, 1.82) is 5.05 Å². The number of hydrogen-bond acceptors (Lipinski definition) is 38. The van der Waals surface area contributed by atoms with Crippen LogP contribution in [0.2, 0.25) is 30.2 Å². The van der Waals surface area contributed by atoms with Crippen LogP contribution in [-0.2, 0) is 148 Å². The molecule has 14 N–H and O–H groups in total. The number of hydrogen-bond donors (Lipinski definition) is 11. The molecule has 3 heterocycles. The standard InChI is InChI=1S/C18H30N2O6Si.C16H17N2O8S.C11H25NO4Si.C10H23NO4Si.2C6H17NO3Si.C5H10O2.C4H8O2.3CH4O.H4NPSi.Na.H2O/c1-24-27(25-2,26-3)12-4-11-19-18(23)15-7-5-14(6-8-15)13-20-16(21)9-10-17(20)22;19-12-5-6-13(20)17(12)8-9-1-3-10(4-2-9)16(23)26-18-14(21)7-11(15(18)22)27(24)25;1-5-6-8-11(13)12-9-7-10-17(14-2,15-3)16-4;1-5-7-10(12)11-8-6-9-16(13-2,14-3)15-4;2*1-8-11(9-2,10-3)6-4-5-7;1-2-3-4-5(6)7;1-2-3-4(5)6;3*1-2;1-3-2;;/h9-10,14-15H,4-8,11-13H2,1-3H3,(H,19,23);5-6,9-11H,1-4,7-8H2;5-10H2,1-4H3,(H,12,13);5-9H2,1-4H3,(H,11,12);2*4-7H2,1-3H3;2-4H2,1H3,(H,6,7);2-3H2,1H3,(H,5,6);3*2H,1H3;1,3H,2H2;;1H2/q;-1;;;;;;;;;;;+1;/p-1. The summed E-state index contributed by atoms with van der Waals surface area (Å²) in [7, 11) is 14.3. The number of aliphatic hydroxyl groups is 3. The number of nitrogens with zero attached hydrogens (tertiary/aromatic N) is 3. The molecule has 5 aliphatic rings. The maximum Gasteiger partial charge on any atom is 1.00 e. The number of nitrogens with two attached hydrogens (primary N) is 2. The number of carboxylic acid groups (broad SMARTS) is 2. The van der Waals surface area contributed by atoms with Crippen LogP contribution in [0.3, 0.4) is 0 Å². The summed E-state index contributed by atoms with van der Waals surface area (Å²) in [6.07, 6.45) is 21.0. The number of carbonyl (C=O) groups is 12. The Kier molecular flexibility index (Phi) is 102. The van der Waals surface area contributed by atoms with E-state index in [9.17, 15) is 66.0 Å². The summed E-state index contributed by atoms with van der Waals surface area (Å²) in [6.45, 7) is 11.8. The summed E-state index contributed by atoms with van der Waals surface area (Å²) in [4.78, 5) is 144. The molecule has 2 aliphatic carbocycles. The summed E-state index contributed by atoms with van der Waals surface area (Å²) in [5.74, 6) is -5.17. The molecule has 0 aromatic carbocycles. The van der Waals surface area contributed by atoms with Crippen molar-refractivity contribution in [3.8, 4) is 0 Å². The first kappa shape index (κ1) is 146. The number of carbonyl (C=O) groups excluding carboxylic acids is 10.